The molecule has 1 aliphatic carbocycles. The van der Waals surface area contributed by atoms with Gasteiger partial charge in [-0.1, -0.05) is 47.5 Å². The molecular formula is C17H36N2. The molecule has 2 atom stereocenters. The zero-order valence-corrected chi connectivity index (χ0v) is 14.0. The van der Waals surface area contributed by atoms with Gasteiger partial charge in [0.15, 0.2) is 0 Å². The molecule has 0 radical (unpaired) electrons. The maximum atomic E-state index is 3.86. The van der Waals surface area contributed by atoms with E-state index in [9.17, 15) is 0 Å². The Bertz CT molecular complexity index is 232. The van der Waals surface area contributed by atoms with Gasteiger partial charge in [-0.2, -0.15) is 0 Å². The molecule has 0 saturated heterocycles. The molecule has 0 aromatic carbocycles. The second kappa shape index (κ2) is 8.26. The zero-order valence-electron chi connectivity index (χ0n) is 14.0. The first-order valence-corrected chi connectivity index (χ1v) is 8.44. The van der Waals surface area contributed by atoms with Crippen molar-refractivity contribution in [1.29, 1.82) is 0 Å². The highest BCUT2D eigenvalue weighted by atomic mass is 15.1. The van der Waals surface area contributed by atoms with E-state index in [2.05, 4.69) is 44.8 Å². The summed E-state index contributed by atoms with van der Waals surface area (Å²) < 4.78 is 0. The Morgan fingerprint density at radius 2 is 1.74 bits per heavy atom. The highest BCUT2D eigenvalue weighted by Crippen LogP contribution is 2.37. The molecule has 1 saturated carbocycles. The van der Waals surface area contributed by atoms with E-state index in [0.717, 1.165) is 18.5 Å². The summed E-state index contributed by atoms with van der Waals surface area (Å²) in [6.07, 6.45) is 6.89. The summed E-state index contributed by atoms with van der Waals surface area (Å²) in [7, 11) is 0. The standard InChI is InChI=1S/C17H36N2/c1-6-13-19(7-2)14-12-18-16-11-9-8-10-15(16)17(3,4)5/h15-16,18H,6-14H2,1-5H3. The van der Waals surface area contributed by atoms with Gasteiger partial charge in [-0.3, -0.25) is 0 Å². The predicted molar refractivity (Wildman–Crippen MR) is 85.6 cm³/mol. The molecule has 0 heterocycles. The minimum atomic E-state index is 0.450. The highest BCUT2D eigenvalue weighted by Gasteiger charge is 2.33. The van der Waals surface area contributed by atoms with Crippen molar-refractivity contribution < 1.29 is 0 Å². The Morgan fingerprint density at radius 3 is 2.32 bits per heavy atom. The fourth-order valence-corrected chi connectivity index (χ4v) is 3.56. The molecule has 0 amide bonds. The fourth-order valence-electron chi connectivity index (χ4n) is 3.56. The van der Waals surface area contributed by atoms with Gasteiger partial charge in [0.1, 0.15) is 0 Å². The van der Waals surface area contributed by atoms with E-state index in [1.165, 1.54) is 51.7 Å². The lowest BCUT2D eigenvalue weighted by Gasteiger charge is -2.41. The lowest BCUT2D eigenvalue weighted by Crippen LogP contribution is -2.46. The van der Waals surface area contributed by atoms with Crippen LogP contribution in [0.15, 0.2) is 0 Å². The SMILES string of the molecule is CCCN(CC)CCNC1CCCCC1C(C)(C)C. The summed E-state index contributed by atoms with van der Waals surface area (Å²) in [6.45, 7) is 16.6. The van der Waals surface area contributed by atoms with E-state index in [1.807, 2.05) is 0 Å². The third kappa shape index (κ3) is 5.83. The predicted octanol–water partition coefficient (Wildman–Crippen LogP) is 3.91. The van der Waals surface area contributed by atoms with Crippen LogP contribution in [0.25, 0.3) is 0 Å². The van der Waals surface area contributed by atoms with Gasteiger partial charge in [0.05, 0.1) is 0 Å². The average molecular weight is 268 g/mol. The van der Waals surface area contributed by atoms with Crippen molar-refractivity contribution in [3.8, 4) is 0 Å². The monoisotopic (exact) mass is 268 g/mol. The minimum absolute atomic E-state index is 0.450. The second-order valence-corrected chi connectivity index (χ2v) is 7.25. The molecule has 0 aliphatic heterocycles. The zero-order chi connectivity index (χ0) is 14.3. The van der Waals surface area contributed by atoms with Crippen LogP contribution >= 0.6 is 0 Å². The maximum absolute atomic E-state index is 3.86. The summed E-state index contributed by atoms with van der Waals surface area (Å²) >= 11 is 0. The Balaban J connectivity index is 2.37. The van der Waals surface area contributed by atoms with Crippen molar-refractivity contribution in [1.82, 2.24) is 10.2 Å². The van der Waals surface area contributed by atoms with Crippen LogP contribution in [0.2, 0.25) is 0 Å². The quantitative estimate of drug-likeness (QED) is 0.753. The minimum Gasteiger partial charge on any atom is -0.312 e. The van der Waals surface area contributed by atoms with E-state index >= 15 is 0 Å². The molecule has 1 rings (SSSR count). The maximum Gasteiger partial charge on any atom is 0.0107 e. The highest BCUT2D eigenvalue weighted by molar-refractivity contribution is 4.88. The second-order valence-electron chi connectivity index (χ2n) is 7.25. The molecule has 0 aromatic rings. The molecule has 0 bridgehead atoms. The van der Waals surface area contributed by atoms with E-state index < -0.39 is 0 Å². The molecule has 0 spiro atoms. The Kier molecular flexibility index (Phi) is 7.38. The molecule has 1 fully saturated rings. The topological polar surface area (TPSA) is 15.3 Å². The van der Waals surface area contributed by atoms with Gasteiger partial charge in [0, 0.05) is 19.1 Å². The molecule has 1 aliphatic rings. The van der Waals surface area contributed by atoms with Crippen LogP contribution in [-0.2, 0) is 0 Å². The van der Waals surface area contributed by atoms with Gasteiger partial charge in [0.2, 0.25) is 0 Å². The van der Waals surface area contributed by atoms with Crippen LogP contribution in [-0.4, -0.2) is 37.1 Å². The fraction of sp³-hybridized carbons (Fsp3) is 1.00. The van der Waals surface area contributed by atoms with Crippen LogP contribution in [0.4, 0.5) is 0 Å². The van der Waals surface area contributed by atoms with E-state index in [4.69, 9.17) is 0 Å². The number of nitrogens with zero attached hydrogens (tertiary/aromatic N) is 1. The van der Waals surface area contributed by atoms with Gasteiger partial charge in [-0.05, 0) is 43.7 Å². The number of likely N-dealkylation sites (N-methyl/N-ethyl adjacent to an activating group) is 1. The molecular weight excluding hydrogens is 232 g/mol. The summed E-state index contributed by atoms with van der Waals surface area (Å²) in [6, 6.07) is 0.745. The van der Waals surface area contributed by atoms with Gasteiger partial charge >= 0.3 is 0 Å². The lowest BCUT2D eigenvalue weighted by atomic mass is 9.69. The molecule has 114 valence electrons. The summed E-state index contributed by atoms with van der Waals surface area (Å²) in [4.78, 5) is 2.56. The van der Waals surface area contributed by atoms with E-state index in [1.54, 1.807) is 0 Å². The third-order valence-corrected chi connectivity index (χ3v) is 4.70. The summed E-state index contributed by atoms with van der Waals surface area (Å²) in [5.74, 6) is 0.850. The van der Waals surface area contributed by atoms with Crippen molar-refractivity contribution in [3.05, 3.63) is 0 Å². The smallest absolute Gasteiger partial charge is 0.0107 e. The normalized spacial score (nSPS) is 24.9. The molecule has 0 aromatic heterocycles. The average Bonchev–Trinajstić information content (AvgIpc) is 2.37. The number of hydrogen-bond donors (Lipinski definition) is 1. The van der Waals surface area contributed by atoms with Crippen molar-refractivity contribution in [2.75, 3.05) is 26.2 Å². The first-order chi connectivity index (χ1) is 8.99. The first-order valence-electron chi connectivity index (χ1n) is 8.44. The van der Waals surface area contributed by atoms with Crippen LogP contribution in [0.3, 0.4) is 0 Å². The van der Waals surface area contributed by atoms with Crippen molar-refractivity contribution in [2.24, 2.45) is 11.3 Å². The Labute approximate surface area is 121 Å². The van der Waals surface area contributed by atoms with Crippen LogP contribution in [0.1, 0.15) is 66.7 Å². The van der Waals surface area contributed by atoms with Gasteiger partial charge in [-0.15, -0.1) is 0 Å². The van der Waals surface area contributed by atoms with Crippen LogP contribution in [0.5, 0.6) is 0 Å². The summed E-state index contributed by atoms with van der Waals surface area (Å²) in [5, 5.41) is 3.86. The molecule has 2 unspecified atom stereocenters. The number of nitrogens with one attached hydrogen (secondary N) is 1. The van der Waals surface area contributed by atoms with Gasteiger partial charge in [0.25, 0.3) is 0 Å². The van der Waals surface area contributed by atoms with Gasteiger partial charge < -0.3 is 10.2 Å². The number of hydrogen-bond acceptors (Lipinski definition) is 2. The largest absolute Gasteiger partial charge is 0.312 e. The van der Waals surface area contributed by atoms with Crippen molar-refractivity contribution >= 4 is 0 Å². The number of rotatable bonds is 7. The third-order valence-electron chi connectivity index (χ3n) is 4.70. The van der Waals surface area contributed by atoms with Crippen molar-refractivity contribution in [3.63, 3.8) is 0 Å². The van der Waals surface area contributed by atoms with Gasteiger partial charge in [-0.25, -0.2) is 0 Å². The van der Waals surface area contributed by atoms with E-state index in [0.29, 0.717) is 5.41 Å². The molecule has 2 heteroatoms. The Hall–Kier alpha value is -0.0800. The first kappa shape index (κ1) is 17.0. The van der Waals surface area contributed by atoms with Crippen LogP contribution < -0.4 is 5.32 Å². The molecule has 19 heavy (non-hydrogen) atoms. The molecule has 1 N–H and O–H groups in total. The Morgan fingerprint density at radius 1 is 1.05 bits per heavy atom. The van der Waals surface area contributed by atoms with Crippen molar-refractivity contribution in [2.45, 2.75) is 72.8 Å². The summed E-state index contributed by atoms with van der Waals surface area (Å²) in [5.41, 5.74) is 0.450. The lowest BCUT2D eigenvalue weighted by molar-refractivity contribution is 0.128. The van der Waals surface area contributed by atoms with Crippen LogP contribution in [0, 0.1) is 11.3 Å². The molecule has 2 nitrogen and oxygen atoms in total. The van der Waals surface area contributed by atoms with E-state index in [-0.39, 0.29) is 0 Å².